The number of carbonyl (C=O) groups is 5. The van der Waals surface area contributed by atoms with Gasteiger partial charge in [0.1, 0.15) is 11.6 Å². The molecule has 3 aliphatic heterocycles. The molecule has 0 radical (unpaired) electrons. The number of benzene rings is 3. The summed E-state index contributed by atoms with van der Waals surface area (Å²) in [6.07, 6.45) is 3.68. The van der Waals surface area contributed by atoms with Gasteiger partial charge < -0.3 is 14.2 Å². The van der Waals surface area contributed by atoms with Gasteiger partial charge in [0.05, 0.1) is 47.8 Å². The van der Waals surface area contributed by atoms with E-state index in [1.54, 1.807) is 0 Å². The maximum Gasteiger partial charge on any atom is 0.350 e. The molecule has 1 saturated heterocycles. The van der Waals surface area contributed by atoms with Crippen molar-refractivity contribution in [1.82, 2.24) is 10.0 Å². The minimum Gasteiger partial charge on any atom is -0.461 e. The number of nitrogens with zero attached hydrogens (tertiary/aromatic N) is 3. The second kappa shape index (κ2) is 19.3. The summed E-state index contributed by atoms with van der Waals surface area (Å²) >= 11 is 4.04. The molecule has 0 aliphatic carbocycles. The molecule has 6 rings (SSSR count). The second-order valence-corrected chi connectivity index (χ2v) is 18.5. The van der Waals surface area contributed by atoms with Gasteiger partial charge in [0.2, 0.25) is 0 Å². The number of nitriles is 1. The molecule has 0 spiro atoms. The van der Waals surface area contributed by atoms with Crippen molar-refractivity contribution in [3.05, 3.63) is 116 Å². The van der Waals surface area contributed by atoms with Gasteiger partial charge in [-0.2, -0.15) is 5.26 Å². The molecule has 3 aromatic carbocycles. The van der Waals surface area contributed by atoms with Crippen LogP contribution in [0.25, 0.3) is 0 Å². The van der Waals surface area contributed by atoms with Crippen molar-refractivity contribution in [3.8, 4) is 17.6 Å². The Balaban J connectivity index is 1.45. The Morgan fingerprint density at radius 2 is 1.19 bits per heavy atom. The third kappa shape index (κ3) is 9.52. The highest BCUT2D eigenvalue weighted by atomic mass is 32.2. The van der Waals surface area contributed by atoms with Crippen molar-refractivity contribution in [3.63, 3.8) is 0 Å². The lowest BCUT2D eigenvalue weighted by molar-refractivity contribution is -0.149. The number of esters is 3. The molecule has 15 heteroatoms. The van der Waals surface area contributed by atoms with Crippen molar-refractivity contribution >= 4 is 76.8 Å². The quantitative estimate of drug-likeness (QED) is 0.0471. The Kier molecular flexibility index (Phi) is 14.2. The fourth-order valence-electron chi connectivity index (χ4n) is 6.06. The largest absolute Gasteiger partial charge is 0.461 e. The van der Waals surface area contributed by atoms with E-state index >= 15 is 0 Å². The van der Waals surface area contributed by atoms with E-state index < -0.39 is 29.7 Å². The highest BCUT2D eigenvalue weighted by molar-refractivity contribution is 8.26. The van der Waals surface area contributed by atoms with E-state index in [2.05, 4.69) is 20.1 Å². The van der Waals surface area contributed by atoms with Crippen LogP contribution in [0.4, 0.5) is 0 Å². The SMILES string of the molecule is C=C(C)C(=O)Oc1c2c(c(OC(=O)C(=C)C)c3c1SC(=C1C(=O)N(Cc4ccccc4)N(Cc4ccccc4)C1=O)S3)SC(=C(C#N)C(=O)OCC(CC)CCCC)S2. The standard InChI is InChI=1S/C44H41N3O8S4/c1-7-9-16-27(8-2)24-53-42(52)30(21-45)43-56-34-32(54-40(50)25(3)4)36-37(33(35(34)57-43)55-41(51)26(5)6)59-44(58-36)31-38(48)46(22-28-17-12-10-13-18-28)47(39(31)49)23-29-19-14-11-15-20-29/h10-15,17-20,27H,3,5,7-9,16,22-24H2,1-2,4,6H3. The summed E-state index contributed by atoms with van der Waals surface area (Å²) in [4.78, 5) is 70.0. The highest BCUT2D eigenvalue weighted by Crippen LogP contribution is 2.68. The number of fused-ring (bicyclic) bond motifs is 2. The van der Waals surface area contributed by atoms with Gasteiger partial charge in [-0.05, 0) is 37.3 Å². The van der Waals surface area contributed by atoms with Gasteiger partial charge >= 0.3 is 17.9 Å². The summed E-state index contributed by atoms with van der Waals surface area (Å²) in [7, 11) is 0. The van der Waals surface area contributed by atoms with E-state index in [4.69, 9.17) is 14.2 Å². The zero-order chi connectivity index (χ0) is 42.4. The third-order valence-corrected chi connectivity index (χ3v) is 14.5. The fraction of sp³-hybridized carbons (Fsp3) is 0.273. The Morgan fingerprint density at radius 1 is 0.729 bits per heavy atom. The summed E-state index contributed by atoms with van der Waals surface area (Å²) in [5.41, 5.74) is 1.46. The van der Waals surface area contributed by atoms with E-state index in [0.717, 1.165) is 83.9 Å². The highest BCUT2D eigenvalue weighted by Gasteiger charge is 2.47. The molecule has 0 bridgehead atoms. The Morgan fingerprint density at radius 3 is 1.59 bits per heavy atom. The molecule has 1 fully saturated rings. The smallest absolute Gasteiger partial charge is 0.350 e. The van der Waals surface area contributed by atoms with Gasteiger partial charge in [-0.3, -0.25) is 9.59 Å². The van der Waals surface area contributed by atoms with Gasteiger partial charge in [-0.15, -0.1) is 0 Å². The number of thioether (sulfide) groups is 4. The van der Waals surface area contributed by atoms with Gasteiger partial charge in [0, 0.05) is 11.1 Å². The normalized spacial score (nSPS) is 14.8. The van der Waals surface area contributed by atoms with Crippen molar-refractivity contribution in [2.75, 3.05) is 6.61 Å². The lowest BCUT2D eigenvalue weighted by Gasteiger charge is -2.27. The van der Waals surface area contributed by atoms with E-state index in [-0.39, 0.29) is 77.7 Å². The average Bonchev–Trinajstić information content (AvgIpc) is 3.92. The number of rotatable bonds is 15. The van der Waals surface area contributed by atoms with Crippen LogP contribution in [-0.4, -0.2) is 46.3 Å². The molecular weight excluding hydrogens is 827 g/mol. The van der Waals surface area contributed by atoms with Crippen molar-refractivity contribution in [2.24, 2.45) is 5.92 Å². The van der Waals surface area contributed by atoms with E-state index in [1.165, 1.54) is 23.9 Å². The predicted octanol–water partition coefficient (Wildman–Crippen LogP) is 9.74. The number of carbonyl (C=O) groups excluding carboxylic acids is 5. The summed E-state index contributed by atoms with van der Waals surface area (Å²) < 4.78 is 18.1. The van der Waals surface area contributed by atoms with Gasteiger partial charge in [-0.25, -0.2) is 24.4 Å². The molecule has 11 nitrogen and oxygen atoms in total. The first kappa shape index (κ1) is 43.4. The molecule has 3 heterocycles. The minimum atomic E-state index is -0.798. The van der Waals surface area contributed by atoms with Crippen LogP contribution in [-0.2, 0) is 41.8 Å². The van der Waals surface area contributed by atoms with Crippen LogP contribution < -0.4 is 9.47 Å². The zero-order valence-corrected chi connectivity index (χ0v) is 36.2. The Labute approximate surface area is 360 Å². The number of hydrogen-bond donors (Lipinski definition) is 0. The maximum absolute atomic E-state index is 14.4. The van der Waals surface area contributed by atoms with E-state index in [1.807, 2.05) is 73.7 Å². The summed E-state index contributed by atoms with van der Waals surface area (Å²) in [5, 5.41) is 13.1. The van der Waals surface area contributed by atoms with Crippen LogP contribution in [0, 0.1) is 17.2 Å². The topological polar surface area (TPSA) is 143 Å². The predicted molar refractivity (Wildman–Crippen MR) is 229 cm³/mol. The molecule has 3 aliphatic rings. The molecule has 1 unspecified atom stereocenters. The molecule has 0 N–H and O–H groups in total. The van der Waals surface area contributed by atoms with Gasteiger partial charge in [-0.1, -0.05) is 154 Å². The van der Waals surface area contributed by atoms with E-state index in [9.17, 15) is 29.2 Å². The average molecular weight is 868 g/mol. The first-order chi connectivity index (χ1) is 28.4. The molecule has 59 heavy (non-hydrogen) atoms. The zero-order valence-electron chi connectivity index (χ0n) is 33.0. The van der Waals surface area contributed by atoms with Crippen LogP contribution in [0.3, 0.4) is 0 Å². The number of amides is 2. The van der Waals surface area contributed by atoms with Crippen LogP contribution in [0.1, 0.15) is 64.5 Å². The molecule has 2 amide bonds. The fourth-order valence-corrected chi connectivity index (χ4v) is 11.5. The van der Waals surface area contributed by atoms with E-state index in [0.29, 0.717) is 9.79 Å². The van der Waals surface area contributed by atoms with Crippen LogP contribution in [0.15, 0.2) is 124 Å². The van der Waals surface area contributed by atoms with Crippen LogP contribution >= 0.6 is 47.0 Å². The number of hydrazine groups is 1. The number of hydrogen-bond acceptors (Lipinski definition) is 13. The lowest BCUT2D eigenvalue weighted by atomic mass is 10.0. The molecule has 304 valence electrons. The molecule has 0 saturated carbocycles. The summed E-state index contributed by atoms with van der Waals surface area (Å²) in [5.74, 6) is -3.16. The minimum absolute atomic E-state index is 0.0372. The Bertz CT molecular complexity index is 2220. The third-order valence-electron chi connectivity index (χ3n) is 9.36. The van der Waals surface area contributed by atoms with Gasteiger partial charge in [0.25, 0.3) is 11.8 Å². The Hall–Kier alpha value is -5.14. The molecular formula is C44H41N3O8S4. The van der Waals surface area contributed by atoms with Gasteiger partial charge in [0.15, 0.2) is 17.1 Å². The number of ether oxygens (including phenoxy) is 3. The lowest BCUT2D eigenvalue weighted by Crippen LogP contribution is -2.39. The van der Waals surface area contributed by atoms with Crippen LogP contribution in [0.2, 0.25) is 0 Å². The van der Waals surface area contributed by atoms with Crippen molar-refractivity contribution in [1.29, 1.82) is 5.26 Å². The summed E-state index contributed by atoms with van der Waals surface area (Å²) in [6, 6.07) is 20.6. The molecule has 0 aromatic heterocycles. The summed E-state index contributed by atoms with van der Waals surface area (Å²) in [6.45, 7) is 15.0. The second-order valence-electron chi connectivity index (χ2n) is 13.9. The molecule has 3 aromatic rings. The first-order valence-corrected chi connectivity index (χ1v) is 22.1. The number of unbranched alkanes of at least 4 members (excludes halogenated alkanes) is 1. The molecule has 1 atom stereocenters. The first-order valence-electron chi connectivity index (χ1n) is 18.8. The van der Waals surface area contributed by atoms with Crippen LogP contribution in [0.5, 0.6) is 11.5 Å². The monoisotopic (exact) mass is 867 g/mol. The maximum atomic E-state index is 14.4. The van der Waals surface area contributed by atoms with Crippen molar-refractivity contribution < 1.29 is 38.2 Å². The van der Waals surface area contributed by atoms with Crippen molar-refractivity contribution in [2.45, 2.75) is 86.0 Å².